The minimum Gasteiger partial charge on any atom is -0.492 e. The molecule has 1 aliphatic heterocycles. The number of rotatable bonds is 9. The Hall–Kier alpha value is -2.28. The van der Waals surface area contributed by atoms with E-state index in [1.807, 2.05) is 18.2 Å². The average molecular weight is 431 g/mol. The van der Waals surface area contributed by atoms with Crippen molar-refractivity contribution in [2.75, 3.05) is 40.0 Å². The number of hydrogen-bond acceptors (Lipinski definition) is 7. The molecule has 1 aromatic carbocycles. The van der Waals surface area contributed by atoms with Crippen LogP contribution in [0.25, 0.3) is 11.0 Å². The Morgan fingerprint density at radius 1 is 1.26 bits per heavy atom. The highest BCUT2D eigenvalue weighted by atomic mass is 16.5. The summed E-state index contributed by atoms with van der Waals surface area (Å²) in [6, 6.07) is 5.73. The number of fused-ring (bicyclic) bond motifs is 1. The Morgan fingerprint density at radius 2 is 2.03 bits per heavy atom. The molecule has 1 aliphatic carbocycles. The number of esters is 1. The number of ether oxygens (including phenoxy) is 3. The molecule has 1 aromatic heterocycles. The lowest BCUT2D eigenvalue weighted by molar-refractivity contribution is -0.160. The van der Waals surface area contributed by atoms with Crippen LogP contribution in [0.2, 0.25) is 0 Å². The van der Waals surface area contributed by atoms with E-state index < -0.39 is 0 Å². The topological polar surface area (TPSA) is 74.0 Å². The fourth-order valence-corrected chi connectivity index (χ4v) is 4.59. The highest BCUT2D eigenvalue weighted by Gasteiger charge is 2.46. The smallest absolute Gasteiger partial charge is 0.313 e. The fraction of sp³-hybridized carbons (Fsp3) is 0.667. The average Bonchev–Trinajstić information content (AvgIpc) is 3.17. The molecule has 1 saturated carbocycles. The van der Waals surface area contributed by atoms with Gasteiger partial charge in [0.25, 0.3) is 5.88 Å². The molecule has 31 heavy (non-hydrogen) atoms. The van der Waals surface area contributed by atoms with Crippen molar-refractivity contribution in [1.29, 1.82) is 0 Å². The van der Waals surface area contributed by atoms with E-state index in [1.54, 1.807) is 0 Å². The Morgan fingerprint density at radius 3 is 2.68 bits per heavy atom. The lowest BCUT2D eigenvalue weighted by Crippen LogP contribution is -2.50. The van der Waals surface area contributed by atoms with Crippen LogP contribution >= 0.6 is 0 Å². The maximum Gasteiger partial charge on any atom is 0.313 e. The van der Waals surface area contributed by atoms with Gasteiger partial charge in [-0.1, -0.05) is 26.3 Å². The molecule has 170 valence electrons. The molecule has 7 nitrogen and oxygen atoms in total. The van der Waals surface area contributed by atoms with Crippen LogP contribution in [0.3, 0.4) is 0 Å². The number of aromatic nitrogens is 1. The van der Waals surface area contributed by atoms with Gasteiger partial charge in [0.2, 0.25) is 0 Å². The van der Waals surface area contributed by atoms with E-state index in [0.29, 0.717) is 36.5 Å². The molecule has 7 heteroatoms. The summed E-state index contributed by atoms with van der Waals surface area (Å²) >= 11 is 0. The van der Waals surface area contributed by atoms with E-state index in [0.717, 1.165) is 62.9 Å². The van der Waals surface area contributed by atoms with E-state index in [2.05, 4.69) is 23.9 Å². The molecular formula is C24H34N2O5. The number of carbonyl (C=O) groups excluding carboxylic acids is 1. The molecule has 0 bridgehead atoms. The summed E-state index contributed by atoms with van der Waals surface area (Å²) in [6.45, 7) is 8.26. The van der Waals surface area contributed by atoms with Gasteiger partial charge in [-0.25, -0.2) is 0 Å². The third-order valence-corrected chi connectivity index (χ3v) is 6.62. The largest absolute Gasteiger partial charge is 0.492 e. The fourth-order valence-electron chi connectivity index (χ4n) is 4.59. The number of methoxy groups -OCH3 is 1. The van der Waals surface area contributed by atoms with Gasteiger partial charge in [-0.3, -0.25) is 4.79 Å². The van der Waals surface area contributed by atoms with Gasteiger partial charge in [-0.05, 0) is 67.9 Å². The second-order valence-electron chi connectivity index (χ2n) is 9.48. The first-order valence-corrected chi connectivity index (χ1v) is 11.5. The minimum absolute atomic E-state index is 0.0439. The summed E-state index contributed by atoms with van der Waals surface area (Å²) in [5.41, 5.74) is 0.407. The van der Waals surface area contributed by atoms with Gasteiger partial charge in [0.1, 0.15) is 11.1 Å². The quantitative estimate of drug-likeness (QED) is 0.549. The van der Waals surface area contributed by atoms with Crippen LogP contribution in [0, 0.1) is 17.3 Å². The van der Waals surface area contributed by atoms with Crippen LogP contribution < -0.4 is 9.47 Å². The van der Waals surface area contributed by atoms with Crippen molar-refractivity contribution < 1.29 is 23.5 Å². The molecule has 2 fully saturated rings. The standard InChI is InChI=1S/C24H34N2O5/c1-17(2)14-29-19-6-4-7-20-21(19)22(25-31-20)30-15-18-8-12-26(13-9-18)16-24(10-5-11-24)23(27)28-3/h4,6-7,17-18H,5,8-16H2,1-3H3. The number of hydrogen-bond donors (Lipinski definition) is 0. The van der Waals surface area contributed by atoms with E-state index in [1.165, 1.54) is 7.11 Å². The summed E-state index contributed by atoms with van der Waals surface area (Å²) in [7, 11) is 1.50. The molecule has 1 saturated heterocycles. The predicted octanol–water partition coefficient (Wildman–Crippen LogP) is 4.30. The Bertz CT molecular complexity index is 881. The van der Waals surface area contributed by atoms with Crippen LogP contribution in [-0.2, 0) is 9.53 Å². The first-order chi connectivity index (χ1) is 15.0. The SMILES string of the molecule is COC(=O)C1(CN2CCC(COc3noc4cccc(OCC(C)C)c34)CC2)CCC1. The first kappa shape index (κ1) is 21.9. The summed E-state index contributed by atoms with van der Waals surface area (Å²) in [5.74, 6) is 2.12. The predicted molar refractivity (Wildman–Crippen MR) is 117 cm³/mol. The first-order valence-electron chi connectivity index (χ1n) is 11.5. The van der Waals surface area contributed by atoms with E-state index in [-0.39, 0.29) is 11.4 Å². The van der Waals surface area contributed by atoms with Crippen molar-refractivity contribution in [2.24, 2.45) is 17.3 Å². The van der Waals surface area contributed by atoms with E-state index in [9.17, 15) is 4.79 Å². The van der Waals surface area contributed by atoms with Crippen LogP contribution in [-0.4, -0.2) is 56.0 Å². The van der Waals surface area contributed by atoms with Crippen LogP contribution in [0.4, 0.5) is 0 Å². The van der Waals surface area contributed by atoms with Gasteiger partial charge >= 0.3 is 5.97 Å². The van der Waals surface area contributed by atoms with Crippen molar-refractivity contribution >= 4 is 16.9 Å². The molecule has 0 N–H and O–H groups in total. The molecule has 0 atom stereocenters. The molecule has 2 aliphatic rings. The van der Waals surface area contributed by atoms with Crippen molar-refractivity contribution in [3.05, 3.63) is 18.2 Å². The molecule has 0 amide bonds. The zero-order valence-electron chi connectivity index (χ0n) is 18.9. The van der Waals surface area contributed by atoms with Crippen LogP contribution in [0.5, 0.6) is 11.6 Å². The van der Waals surface area contributed by atoms with Gasteiger partial charge in [-0.15, -0.1) is 0 Å². The summed E-state index contributed by atoms with van der Waals surface area (Å²) in [4.78, 5) is 14.6. The number of piperidine rings is 1. The Balaban J connectivity index is 1.31. The van der Waals surface area contributed by atoms with Crippen LogP contribution in [0.1, 0.15) is 46.0 Å². The number of nitrogens with zero attached hydrogens (tertiary/aromatic N) is 2. The number of likely N-dealkylation sites (tertiary alicyclic amines) is 1. The van der Waals surface area contributed by atoms with Gasteiger partial charge in [0.05, 0.1) is 25.7 Å². The van der Waals surface area contributed by atoms with Gasteiger partial charge in [0.15, 0.2) is 5.58 Å². The number of carbonyl (C=O) groups is 1. The third kappa shape index (κ3) is 4.81. The van der Waals surface area contributed by atoms with Crippen molar-refractivity contribution in [3.63, 3.8) is 0 Å². The second kappa shape index (κ2) is 9.47. The van der Waals surface area contributed by atoms with Gasteiger partial charge in [-0.2, -0.15) is 0 Å². The summed E-state index contributed by atoms with van der Waals surface area (Å²) < 4.78 is 22.6. The lowest BCUT2D eigenvalue weighted by atomic mass is 9.68. The maximum atomic E-state index is 12.2. The lowest BCUT2D eigenvalue weighted by Gasteiger charge is -2.44. The van der Waals surface area contributed by atoms with Gasteiger partial charge < -0.3 is 23.6 Å². The molecule has 0 unspecified atom stereocenters. The Kier molecular flexibility index (Phi) is 6.70. The number of benzene rings is 1. The normalized spacial score (nSPS) is 19.4. The highest BCUT2D eigenvalue weighted by Crippen LogP contribution is 2.43. The highest BCUT2D eigenvalue weighted by molar-refractivity contribution is 5.88. The van der Waals surface area contributed by atoms with E-state index in [4.69, 9.17) is 18.7 Å². The van der Waals surface area contributed by atoms with Crippen LogP contribution in [0.15, 0.2) is 22.7 Å². The molecular weight excluding hydrogens is 396 g/mol. The molecule has 0 radical (unpaired) electrons. The van der Waals surface area contributed by atoms with Crippen molar-refractivity contribution in [2.45, 2.75) is 46.0 Å². The molecule has 4 rings (SSSR count). The Labute approximate surface area is 184 Å². The zero-order chi connectivity index (χ0) is 21.8. The van der Waals surface area contributed by atoms with Crippen molar-refractivity contribution in [1.82, 2.24) is 10.1 Å². The second-order valence-corrected chi connectivity index (χ2v) is 9.48. The monoisotopic (exact) mass is 430 g/mol. The maximum absolute atomic E-state index is 12.2. The molecule has 2 aromatic rings. The summed E-state index contributed by atoms with van der Waals surface area (Å²) in [5, 5.41) is 4.95. The zero-order valence-corrected chi connectivity index (χ0v) is 18.9. The van der Waals surface area contributed by atoms with E-state index >= 15 is 0 Å². The molecule has 0 spiro atoms. The summed E-state index contributed by atoms with van der Waals surface area (Å²) in [6.07, 6.45) is 5.10. The third-order valence-electron chi connectivity index (χ3n) is 6.62. The molecule has 2 heterocycles. The van der Waals surface area contributed by atoms with Gasteiger partial charge in [0, 0.05) is 6.54 Å². The minimum atomic E-state index is -0.274. The van der Waals surface area contributed by atoms with Crippen molar-refractivity contribution in [3.8, 4) is 11.6 Å².